The van der Waals surface area contributed by atoms with Crippen molar-refractivity contribution < 1.29 is 52.3 Å². The first-order valence-corrected chi connectivity index (χ1v) is 6.00. The smallest absolute Gasteiger partial charge is 0.216 e. The van der Waals surface area contributed by atoms with Gasteiger partial charge >= 0.3 is 27.2 Å². The monoisotopic (exact) mass is 384 g/mol. The molecule has 0 N–H and O–H groups in total. The zero-order chi connectivity index (χ0) is 17.0. The largest absolute Gasteiger partial charge is 0.460 e. The predicted octanol–water partition coefficient (Wildman–Crippen LogP) is 3.89. The second-order valence-electron chi connectivity index (χ2n) is 3.11. The number of hydrogen-bond donors (Lipinski definition) is 0. The molecule has 0 aromatic carbocycles. The quantitative estimate of drug-likeness (QED) is 0.544. The lowest BCUT2D eigenvalue weighted by Crippen LogP contribution is -2.64. The van der Waals surface area contributed by atoms with Crippen molar-refractivity contribution in [3.05, 3.63) is 0 Å². The van der Waals surface area contributed by atoms with Crippen molar-refractivity contribution >= 4 is 33.0 Å². The van der Waals surface area contributed by atoms with Gasteiger partial charge in [0.15, 0.2) is 0 Å². The van der Waals surface area contributed by atoms with Crippen LogP contribution in [0.15, 0.2) is 0 Å². The molecular formula is C5Cl2F10O2S. The maximum atomic E-state index is 12.8. The van der Waals surface area contributed by atoms with E-state index in [1.54, 1.807) is 0 Å². The third-order valence-electron chi connectivity index (χ3n) is 1.76. The van der Waals surface area contributed by atoms with Crippen molar-refractivity contribution in [3.63, 3.8) is 0 Å². The van der Waals surface area contributed by atoms with Gasteiger partial charge in [0.05, 0.1) is 0 Å². The fraction of sp³-hybridized carbons (Fsp3) is 1.00. The average molecular weight is 385 g/mol. The Kier molecular flexibility index (Phi) is 4.62. The normalized spacial score (nSPS) is 16.4. The Hall–Kier alpha value is -0.170. The zero-order valence-corrected chi connectivity index (χ0v) is 10.6. The minimum Gasteiger partial charge on any atom is -0.216 e. The van der Waals surface area contributed by atoms with Crippen LogP contribution in [0.2, 0.25) is 0 Å². The topological polar surface area (TPSA) is 34.1 Å². The molecule has 0 heterocycles. The third-order valence-corrected chi connectivity index (χ3v) is 4.52. The molecule has 0 amide bonds. The van der Waals surface area contributed by atoms with Crippen LogP contribution in [0.5, 0.6) is 0 Å². The van der Waals surface area contributed by atoms with Crippen LogP contribution < -0.4 is 0 Å². The lowest BCUT2D eigenvalue weighted by molar-refractivity contribution is -0.382. The summed E-state index contributed by atoms with van der Waals surface area (Å²) in [5, 5.41) is -7.25. The molecule has 0 aromatic heterocycles. The van der Waals surface area contributed by atoms with Crippen LogP contribution in [0.3, 0.4) is 0 Å². The van der Waals surface area contributed by atoms with Crippen molar-refractivity contribution in [1.29, 1.82) is 0 Å². The van der Waals surface area contributed by atoms with Gasteiger partial charge < -0.3 is 0 Å². The van der Waals surface area contributed by atoms with E-state index in [2.05, 4.69) is 23.2 Å². The van der Waals surface area contributed by atoms with E-state index in [4.69, 9.17) is 0 Å². The molecule has 2 nitrogen and oxygen atoms in total. The Balaban J connectivity index is 6.24. The Morgan fingerprint density at radius 3 is 1.15 bits per heavy atom. The highest BCUT2D eigenvalue weighted by Gasteiger charge is 2.87. The Labute approximate surface area is 113 Å². The van der Waals surface area contributed by atoms with Crippen LogP contribution in [-0.4, -0.2) is 35.6 Å². The zero-order valence-electron chi connectivity index (χ0n) is 8.26. The fourth-order valence-corrected chi connectivity index (χ4v) is 2.01. The first kappa shape index (κ1) is 19.8. The van der Waals surface area contributed by atoms with Crippen LogP contribution in [0, 0.1) is 0 Å². The molecular weight excluding hydrogens is 385 g/mol. The van der Waals surface area contributed by atoms with E-state index >= 15 is 0 Å². The van der Waals surface area contributed by atoms with Crippen molar-refractivity contribution in [3.8, 4) is 0 Å². The van der Waals surface area contributed by atoms with Gasteiger partial charge in [-0.15, -0.1) is 0 Å². The van der Waals surface area contributed by atoms with Gasteiger partial charge in [-0.05, 0) is 23.2 Å². The summed E-state index contributed by atoms with van der Waals surface area (Å²) in [4.78, 5) is 0. The first-order valence-electron chi connectivity index (χ1n) is 3.76. The number of hydrogen-bond acceptors (Lipinski definition) is 2. The third kappa shape index (κ3) is 2.51. The highest BCUT2D eigenvalue weighted by Crippen LogP contribution is 2.57. The van der Waals surface area contributed by atoms with Crippen LogP contribution in [-0.2, 0) is 9.84 Å². The summed E-state index contributed by atoms with van der Waals surface area (Å²) < 4.78 is 139. The van der Waals surface area contributed by atoms with E-state index < -0.39 is 37.0 Å². The first-order chi connectivity index (χ1) is 8.25. The summed E-state index contributed by atoms with van der Waals surface area (Å²) in [6.07, 6.45) is -7.26. The van der Waals surface area contributed by atoms with E-state index in [0.29, 0.717) is 0 Å². The van der Waals surface area contributed by atoms with E-state index in [0.717, 1.165) is 0 Å². The number of rotatable bonds is 4. The van der Waals surface area contributed by atoms with Crippen molar-refractivity contribution in [2.75, 3.05) is 0 Å². The molecule has 0 aromatic rings. The standard InChI is InChI=1S/C5Cl2F10O2S/c6-5(7,17)20(18,19)4(15,16)2(10,11)1(8,9)3(12,13)14. The molecule has 0 atom stereocenters. The molecule has 0 aliphatic carbocycles. The maximum absolute atomic E-state index is 12.8. The average Bonchev–Trinajstić information content (AvgIpc) is 2.12. The Morgan fingerprint density at radius 1 is 0.650 bits per heavy atom. The molecule has 15 heteroatoms. The summed E-state index contributed by atoms with van der Waals surface area (Å²) in [7, 11) is -7.48. The SMILES string of the molecule is O=S(=O)(C(F)(Cl)Cl)C(F)(F)C(F)(F)C(F)(F)C(F)(F)F. The molecule has 0 spiro atoms. The number of sulfone groups is 1. The van der Waals surface area contributed by atoms with Gasteiger partial charge in [-0.25, -0.2) is 8.42 Å². The predicted molar refractivity (Wildman–Crippen MR) is 45.4 cm³/mol. The molecule has 0 fully saturated rings. The molecule has 0 aliphatic rings. The minimum atomic E-state index is -7.57. The van der Waals surface area contributed by atoms with Gasteiger partial charge in [0, 0.05) is 0 Å². The van der Waals surface area contributed by atoms with Crippen LogP contribution in [0.4, 0.5) is 43.9 Å². The summed E-state index contributed by atoms with van der Waals surface area (Å²) in [5.74, 6) is -15.1. The van der Waals surface area contributed by atoms with Gasteiger partial charge in [0.25, 0.3) is 9.84 Å². The lowest BCUT2D eigenvalue weighted by Gasteiger charge is -2.33. The minimum absolute atomic E-state index is 3.95. The van der Waals surface area contributed by atoms with Crippen molar-refractivity contribution in [1.82, 2.24) is 0 Å². The van der Waals surface area contributed by atoms with Crippen LogP contribution in [0.25, 0.3) is 0 Å². The molecule has 0 unspecified atom stereocenters. The molecule has 122 valence electrons. The van der Waals surface area contributed by atoms with Gasteiger partial charge in [-0.3, -0.25) is 0 Å². The summed E-state index contributed by atoms with van der Waals surface area (Å²) in [6, 6.07) is 0. The van der Waals surface area contributed by atoms with E-state index in [9.17, 15) is 52.3 Å². The fourth-order valence-electron chi connectivity index (χ4n) is 0.675. The van der Waals surface area contributed by atoms with Gasteiger partial charge in [-0.1, -0.05) is 0 Å². The Morgan fingerprint density at radius 2 is 0.950 bits per heavy atom. The van der Waals surface area contributed by atoms with Crippen molar-refractivity contribution in [2.45, 2.75) is 27.2 Å². The summed E-state index contributed by atoms with van der Waals surface area (Å²) in [5.41, 5.74) is 0. The second kappa shape index (κ2) is 4.66. The molecule has 0 aliphatic heterocycles. The Bertz CT molecular complexity index is 475. The molecule has 0 saturated carbocycles. The van der Waals surface area contributed by atoms with Crippen molar-refractivity contribution in [2.24, 2.45) is 0 Å². The summed E-state index contributed by atoms with van der Waals surface area (Å²) >= 11 is 7.90. The molecule has 0 bridgehead atoms. The highest BCUT2D eigenvalue weighted by molar-refractivity contribution is 7.96. The van der Waals surface area contributed by atoms with Crippen LogP contribution in [0.1, 0.15) is 0 Å². The highest BCUT2D eigenvalue weighted by atomic mass is 35.5. The molecule has 0 radical (unpaired) electrons. The molecule has 0 rings (SSSR count). The molecule has 0 saturated heterocycles. The van der Waals surface area contributed by atoms with Gasteiger partial charge in [-0.2, -0.15) is 43.9 Å². The summed E-state index contributed by atoms with van der Waals surface area (Å²) in [6.45, 7) is 0. The van der Waals surface area contributed by atoms with E-state index in [-0.39, 0.29) is 0 Å². The van der Waals surface area contributed by atoms with Crippen LogP contribution >= 0.6 is 23.2 Å². The van der Waals surface area contributed by atoms with Gasteiger partial charge in [0.1, 0.15) is 0 Å². The van der Waals surface area contributed by atoms with Gasteiger partial charge in [0.2, 0.25) is 0 Å². The maximum Gasteiger partial charge on any atom is 0.460 e. The molecule has 20 heavy (non-hydrogen) atoms. The van der Waals surface area contributed by atoms with E-state index in [1.165, 1.54) is 0 Å². The second-order valence-corrected chi connectivity index (χ2v) is 6.88. The number of halogens is 12. The lowest BCUT2D eigenvalue weighted by atomic mass is 10.1. The van der Waals surface area contributed by atoms with E-state index in [1.807, 2.05) is 0 Å². The number of alkyl halides is 12.